The first-order valence-electron chi connectivity index (χ1n) is 10.8. The van der Waals surface area contributed by atoms with Crippen molar-refractivity contribution in [3.05, 3.63) is 52.2 Å². The number of aryl methyl sites for hydroxylation is 3. The van der Waals surface area contributed by atoms with Crippen molar-refractivity contribution >= 4 is 45.2 Å². The van der Waals surface area contributed by atoms with E-state index in [1.807, 2.05) is 45.9 Å². The van der Waals surface area contributed by atoms with Gasteiger partial charge in [-0.2, -0.15) is 0 Å². The SMILES string of the molecule is CCOC(=O)c1sc2nc(C)nc(SC(C)C(=O)NC(C)CCc3ccccc3)c2c1C. The fourth-order valence-electron chi connectivity index (χ4n) is 3.36. The van der Waals surface area contributed by atoms with E-state index in [4.69, 9.17) is 4.74 Å². The van der Waals surface area contributed by atoms with Crippen molar-refractivity contribution in [1.82, 2.24) is 15.3 Å². The van der Waals surface area contributed by atoms with Gasteiger partial charge in [0.15, 0.2) is 0 Å². The van der Waals surface area contributed by atoms with Crippen molar-refractivity contribution in [2.75, 3.05) is 6.61 Å². The quantitative estimate of drug-likeness (QED) is 0.266. The number of nitrogens with one attached hydrogen (secondary N) is 1. The van der Waals surface area contributed by atoms with Crippen LogP contribution in [0.25, 0.3) is 10.2 Å². The maximum Gasteiger partial charge on any atom is 0.348 e. The highest BCUT2D eigenvalue weighted by Gasteiger charge is 2.24. The minimum atomic E-state index is -0.348. The number of ether oxygens (including phenoxy) is 1. The van der Waals surface area contributed by atoms with E-state index in [0.717, 1.165) is 33.6 Å². The van der Waals surface area contributed by atoms with Crippen LogP contribution in [-0.2, 0) is 16.0 Å². The largest absolute Gasteiger partial charge is 0.462 e. The highest BCUT2D eigenvalue weighted by atomic mass is 32.2. The van der Waals surface area contributed by atoms with Gasteiger partial charge in [0.2, 0.25) is 5.91 Å². The van der Waals surface area contributed by atoms with Gasteiger partial charge < -0.3 is 10.1 Å². The van der Waals surface area contributed by atoms with Crippen LogP contribution in [-0.4, -0.2) is 39.7 Å². The number of carbonyl (C=O) groups excluding carboxylic acids is 2. The van der Waals surface area contributed by atoms with Gasteiger partial charge in [-0.05, 0) is 58.6 Å². The third-order valence-electron chi connectivity index (χ3n) is 5.08. The summed E-state index contributed by atoms with van der Waals surface area (Å²) >= 11 is 2.71. The van der Waals surface area contributed by atoms with E-state index < -0.39 is 0 Å². The van der Waals surface area contributed by atoms with Crippen LogP contribution in [0.15, 0.2) is 35.4 Å². The van der Waals surface area contributed by atoms with E-state index in [9.17, 15) is 9.59 Å². The lowest BCUT2D eigenvalue weighted by Crippen LogP contribution is -2.37. The lowest BCUT2D eigenvalue weighted by atomic mass is 10.1. The van der Waals surface area contributed by atoms with Crippen molar-refractivity contribution < 1.29 is 14.3 Å². The smallest absolute Gasteiger partial charge is 0.348 e. The summed E-state index contributed by atoms with van der Waals surface area (Å²) in [5.41, 5.74) is 2.06. The molecule has 2 heterocycles. The second-order valence-electron chi connectivity index (χ2n) is 7.73. The summed E-state index contributed by atoms with van der Waals surface area (Å²) < 4.78 is 5.18. The van der Waals surface area contributed by atoms with Crippen molar-refractivity contribution in [2.24, 2.45) is 0 Å². The van der Waals surface area contributed by atoms with Gasteiger partial charge in [-0.25, -0.2) is 14.8 Å². The molecule has 2 atom stereocenters. The molecule has 0 saturated carbocycles. The Labute approximate surface area is 197 Å². The van der Waals surface area contributed by atoms with Gasteiger partial charge in [0.1, 0.15) is 20.6 Å². The molecule has 170 valence electrons. The molecule has 8 heteroatoms. The van der Waals surface area contributed by atoms with E-state index in [2.05, 4.69) is 27.4 Å². The van der Waals surface area contributed by atoms with Crippen LogP contribution < -0.4 is 5.32 Å². The lowest BCUT2D eigenvalue weighted by molar-refractivity contribution is -0.120. The Bertz CT molecular complexity index is 1100. The van der Waals surface area contributed by atoms with Crippen molar-refractivity contribution in [2.45, 2.75) is 63.8 Å². The number of thioether (sulfide) groups is 1. The van der Waals surface area contributed by atoms with Gasteiger partial charge in [-0.1, -0.05) is 42.1 Å². The summed E-state index contributed by atoms with van der Waals surface area (Å²) in [6.45, 7) is 9.70. The van der Waals surface area contributed by atoms with Crippen molar-refractivity contribution in [1.29, 1.82) is 0 Å². The van der Waals surface area contributed by atoms with Gasteiger partial charge >= 0.3 is 5.97 Å². The van der Waals surface area contributed by atoms with E-state index >= 15 is 0 Å². The van der Waals surface area contributed by atoms with Gasteiger partial charge in [0, 0.05) is 11.4 Å². The molecule has 3 aromatic rings. The number of carbonyl (C=O) groups is 2. The number of nitrogens with zero attached hydrogens (tertiary/aromatic N) is 2. The normalized spacial score (nSPS) is 13.0. The summed E-state index contributed by atoms with van der Waals surface area (Å²) in [5.74, 6) is 0.235. The first kappa shape index (κ1) is 24.2. The molecule has 2 aromatic heterocycles. The standard InChI is InChI=1S/C24H29N3O3S2/c1-6-30-24(29)20-15(3)19-22(26-17(5)27-23(19)32-20)31-16(4)21(28)25-14(2)12-13-18-10-8-7-9-11-18/h7-11,14,16H,6,12-13H2,1-5H3,(H,25,28). The first-order valence-corrected chi connectivity index (χ1v) is 12.5. The maximum absolute atomic E-state index is 12.8. The second-order valence-corrected chi connectivity index (χ2v) is 10.1. The summed E-state index contributed by atoms with van der Waals surface area (Å²) in [4.78, 5) is 35.5. The van der Waals surface area contributed by atoms with Crippen molar-refractivity contribution in [3.63, 3.8) is 0 Å². The van der Waals surface area contributed by atoms with Gasteiger partial charge in [-0.3, -0.25) is 4.79 Å². The second kappa shape index (κ2) is 10.9. The Morgan fingerprint density at radius 2 is 1.88 bits per heavy atom. The van der Waals surface area contributed by atoms with Crippen molar-refractivity contribution in [3.8, 4) is 0 Å². The number of hydrogen-bond donors (Lipinski definition) is 1. The van der Waals surface area contributed by atoms with E-state index in [0.29, 0.717) is 17.3 Å². The van der Waals surface area contributed by atoms with Gasteiger partial charge in [-0.15, -0.1) is 11.3 Å². The molecule has 1 aromatic carbocycles. The minimum Gasteiger partial charge on any atom is -0.462 e. The predicted molar refractivity (Wildman–Crippen MR) is 131 cm³/mol. The average Bonchev–Trinajstić information content (AvgIpc) is 3.09. The van der Waals surface area contributed by atoms with Gasteiger partial charge in [0.05, 0.1) is 11.9 Å². The van der Waals surface area contributed by atoms with E-state index in [1.54, 1.807) is 6.92 Å². The third-order valence-corrected chi connectivity index (χ3v) is 7.34. The maximum atomic E-state index is 12.8. The molecule has 0 fully saturated rings. The molecule has 2 unspecified atom stereocenters. The molecule has 6 nitrogen and oxygen atoms in total. The molecule has 0 saturated heterocycles. The van der Waals surface area contributed by atoms with E-state index in [-0.39, 0.29) is 23.2 Å². The molecular weight excluding hydrogens is 442 g/mol. The molecule has 0 bridgehead atoms. The van der Waals surface area contributed by atoms with Crippen LogP contribution in [0.3, 0.4) is 0 Å². The van der Waals surface area contributed by atoms with Crippen LogP contribution in [0, 0.1) is 13.8 Å². The number of amides is 1. The molecule has 1 amide bonds. The molecule has 0 aliphatic heterocycles. The molecule has 0 spiro atoms. The number of thiophene rings is 1. The Balaban J connectivity index is 1.70. The Hall–Kier alpha value is -2.45. The van der Waals surface area contributed by atoms with Gasteiger partial charge in [0.25, 0.3) is 0 Å². The molecular formula is C24H29N3O3S2. The fourth-order valence-corrected chi connectivity index (χ4v) is 5.61. The highest BCUT2D eigenvalue weighted by molar-refractivity contribution is 8.00. The summed E-state index contributed by atoms with van der Waals surface area (Å²) in [5, 5.41) is 4.32. The number of benzene rings is 1. The summed E-state index contributed by atoms with van der Waals surface area (Å²) in [6.07, 6.45) is 1.79. The molecule has 0 aliphatic rings. The fraction of sp³-hybridized carbons (Fsp3) is 0.417. The lowest BCUT2D eigenvalue weighted by Gasteiger charge is -2.17. The number of esters is 1. The number of hydrogen-bond acceptors (Lipinski definition) is 7. The Morgan fingerprint density at radius 3 is 2.56 bits per heavy atom. The van der Waals surface area contributed by atoms with Crippen LogP contribution in [0.2, 0.25) is 0 Å². The third kappa shape index (κ3) is 5.86. The van der Waals surface area contributed by atoms with Crippen LogP contribution in [0.1, 0.15) is 53.8 Å². The molecule has 32 heavy (non-hydrogen) atoms. The number of fused-ring (bicyclic) bond motifs is 1. The van der Waals surface area contributed by atoms with Crippen LogP contribution >= 0.6 is 23.1 Å². The van der Waals surface area contributed by atoms with E-state index in [1.165, 1.54) is 28.7 Å². The highest BCUT2D eigenvalue weighted by Crippen LogP contribution is 2.37. The zero-order chi connectivity index (χ0) is 23.3. The number of aromatic nitrogens is 2. The Morgan fingerprint density at radius 1 is 1.16 bits per heavy atom. The average molecular weight is 472 g/mol. The molecule has 3 rings (SSSR count). The van der Waals surface area contributed by atoms with Crippen LogP contribution in [0.4, 0.5) is 0 Å². The Kier molecular flexibility index (Phi) is 8.26. The first-order chi connectivity index (χ1) is 15.3. The monoisotopic (exact) mass is 471 g/mol. The number of rotatable bonds is 9. The zero-order valence-electron chi connectivity index (χ0n) is 19.1. The van der Waals surface area contributed by atoms with Crippen LogP contribution in [0.5, 0.6) is 0 Å². The predicted octanol–water partition coefficient (Wildman–Crippen LogP) is 5.10. The molecule has 1 N–H and O–H groups in total. The summed E-state index contributed by atoms with van der Waals surface area (Å²) in [6, 6.07) is 10.3. The zero-order valence-corrected chi connectivity index (χ0v) is 20.7. The summed E-state index contributed by atoms with van der Waals surface area (Å²) in [7, 11) is 0. The topological polar surface area (TPSA) is 81.2 Å². The molecule has 0 radical (unpaired) electrons. The minimum absolute atomic E-state index is 0.0292. The molecule has 0 aliphatic carbocycles.